The summed E-state index contributed by atoms with van der Waals surface area (Å²) in [6.07, 6.45) is 1.45. The van der Waals surface area contributed by atoms with E-state index in [1.54, 1.807) is 37.3 Å². The summed E-state index contributed by atoms with van der Waals surface area (Å²) in [4.78, 5) is 11.8. The molecule has 0 aliphatic heterocycles. The second-order valence-electron chi connectivity index (χ2n) is 4.19. The molecule has 22 heavy (non-hydrogen) atoms. The molecule has 0 amide bonds. The lowest BCUT2D eigenvalue weighted by atomic mass is 10.1. The van der Waals surface area contributed by atoms with Gasteiger partial charge in [-0.25, -0.2) is 4.79 Å². The molecule has 0 fully saturated rings. The van der Waals surface area contributed by atoms with Crippen molar-refractivity contribution >= 4 is 11.7 Å². The number of aryl methyl sites for hydroxylation is 1. The summed E-state index contributed by atoms with van der Waals surface area (Å²) in [5.74, 6) is -0.532. The normalized spacial score (nSPS) is 8.64. The van der Waals surface area contributed by atoms with Gasteiger partial charge >= 0.3 is 5.97 Å². The smallest absolute Gasteiger partial charge is 0.338 e. The lowest BCUT2D eigenvalue weighted by Crippen LogP contribution is -2.07. The van der Waals surface area contributed by atoms with E-state index in [4.69, 9.17) is 20.5 Å². The Morgan fingerprint density at radius 1 is 1.27 bits per heavy atom. The maximum absolute atomic E-state index is 11.8. The molecule has 6 nitrogen and oxygen atoms in total. The fraction of sp³-hybridized carbons (Fsp3) is 0.125. The van der Waals surface area contributed by atoms with Crippen molar-refractivity contribution in [1.82, 2.24) is 0 Å². The van der Waals surface area contributed by atoms with Gasteiger partial charge in [0.25, 0.3) is 0 Å². The minimum Gasteiger partial charge on any atom is -0.458 e. The highest BCUT2D eigenvalue weighted by Crippen LogP contribution is 2.18. The second-order valence-corrected chi connectivity index (χ2v) is 4.19. The number of ether oxygens (including phenoxy) is 1. The lowest BCUT2D eigenvalue weighted by Gasteiger charge is -2.09. The number of nitriles is 3. The monoisotopic (exact) mass is 292 g/mol. The number of hydrogen-bond acceptors (Lipinski definition) is 6. The molecule has 0 radical (unpaired) electrons. The Bertz CT molecular complexity index is 742. The van der Waals surface area contributed by atoms with Crippen LogP contribution in [0.5, 0.6) is 0 Å². The fourth-order valence-corrected chi connectivity index (χ4v) is 1.62. The lowest BCUT2D eigenvalue weighted by molar-refractivity contribution is 0.0549. The van der Waals surface area contributed by atoms with E-state index in [0.29, 0.717) is 5.69 Å². The number of benzene rings is 1. The Balaban J connectivity index is 3.16. The molecule has 1 aromatic rings. The summed E-state index contributed by atoms with van der Waals surface area (Å²) in [5, 5.41) is 29.3. The zero-order chi connectivity index (χ0) is 16.5. The molecule has 1 rings (SSSR count). The molecular weight excluding hydrogens is 280 g/mol. The van der Waals surface area contributed by atoms with E-state index in [2.05, 4.69) is 11.9 Å². The summed E-state index contributed by atoms with van der Waals surface area (Å²) in [7, 11) is 0. The van der Waals surface area contributed by atoms with Crippen molar-refractivity contribution in [2.24, 2.45) is 0 Å². The molecule has 1 aromatic carbocycles. The SMILES string of the molecule is C=CCOC(=O)c1cc(C)cc(NC(C#N)=C(C#N)C#N)c1. The van der Waals surface area contributed by atoms with Crippen LogP contribution in [0.1, 0.15) is 15.9 Å². The van der Waals surface area contributed by atoms with E-state index in [-0.39, 0.29) is 23.4 Å². The number of anilines is 1. The topological polar surface area (TPSA) is 110 Å². The van der Waals surface area contributed by atoms with Crippen molar-refractivity contribution < 1.29 is 9.53 Å². The number of allylic oxidation sites excluding steroid dienone is 2. The van der Waals surface area contributed by atoms with Gasteiger partial charge < -0.3 is 10.1 Å². The highest BCUT2D eigenvalue weighted by molar-refractivity contribution is 5.91. The molecule has 0 aromatic heterocycles. The quantitative estimate of drug-likeness (QED) is 0.507. The van der Waals surface area contributed by atoms with Crippen LogP contribution in [0.3, 0.4) is 0 Å². The second kappa shape index (κ2) is 7.89. The average Bonchev–Trinajstić information content (AvgIpc) is 2.52. The van der Waals surface area contributed by atoms with Gasteiger partial charge in [0.2, 0.25) is 0 Å². The van der Waals surface area contributed by atoms with Gasteiger partial charge in [-0.3, -0.25) is 0 Å². The third-order valence-electron chi connectivity index (χ3n) is 2.50. The predicted octanol–water partition coefficient (Wildman–Crippen LogP) is 2.57. The molecule has 6 heteroatoms. The van der Waals surface area contributed by atoms with Gasteiger partial charge in [-0.1, -0.05) is 12.7 Å². The first-order valence-electron chi connectivity index (χ1n) is 6.17. The first-order chi connectivity index (χ1) is 10.5. The van der Waals surface area contributed by atoms with Crippen LogP contribution >= 0.6 is 0 Å². The number of carbonyl (C=O) groups excluding carboxylic acids is 1. The van der Waals surface area contributed by atoms with Gasteiger partial charge in [-0.2, -0.15) is 15.8 Å². The van der Waals surface area contributed by atoms with Crippen LogP contribution in [0.4, 0.5) is 5.69 Å². The summed E-state index contributed by atoms with van der Waals surface area (Å²) >= 11 is 0. The average molecular weight is 292 g/mol. The van der Waals surface area contributed by atoms with E-state index in [1.165, 1.54) is 12.1 Å². The molecule has 0 saturated carbocycles. The zero-order valence-corrected chi connectivity index (χ0v) is 11.9. The number of nitrogens with zero attached hydrogens (tertiary/aromatic N) is 3. The first kappa shape index (κ1) is 16.5. The van der Waals surface area contributed by atoms with Crippen LogP contribution in [-0.4, -0.2) is 12.6 Å². The largest absolute Gasteiger partial charge is 0.458 e. The predicted molar refractivity (Wildman–Crippen MR) is 79.1 cm³/mol. The summed E-state index contributed by atoms with van der Waals surface area (Å²) in [6, 6.07) is 9.79. The molecule has 0 unspecified atom stereocenters. The van der Waals surface area contributed by atoms with E-state index in [1.807, 2.05) is 0 Å². The summed E-state index contributed by atoms with van der Waals surface area (Å²) in [6.45, 7) is 5.31. The third kappa shape index (κ3) is 4.23. The minimum absolute atomic E-state index is 0.0892. The highest BCUT2D eigenvalue weighted by Gasteiger charge is 2.11. The van der Waals surface area contributed by atoms with Gasteiger partial charge in [0, 0.05) is 5.69 Å². The Morgan fingerprint density at radius 2 is 1.95 bits per heavy atom. The molecule has 0 aliphatic rings. The van der Waals surface area contributed by atoms with Crippen LogP contribution in [0.25, 0.3) is 0 Å². The Kier molecular flexibility index (Phi) is 5.92. The summed E-state index contributed by atoms with van der Waals surface area (Å²) in [5.41, 5.74) is 0.936. The van der Waals surface area contributed by atoms with Crippen LogP contribution in [0.2, 0.25) is 0 Å². The van der Waals surface area contributed by atoms with E-state index in [0.717, 1.165) is 5.56 Å². The maximum atomic E-state index is 11.8. The maximum Gasteiger partial charge on any atom is 0.338 e. The van der Waals surface area contributed by atoms with E-state index < -0.39 is 5.97 Å². The Labute approximate surface area is 128 Å². The van der Waals surface area contributed by atoms with Crippen LogP contribution < -0.4 is 5.32 Å². The van der Waals surface area contributed by atoms with Gasteiger partial charge in [-0.05, 0) is 30.7 Å². The Hall–Kier alpha value is -3.56. The van der Waals surface area contributed by atoms with Crippen molar-refractivity contribution in [3.8, 4) is 18.2 Å². The fourth-order valence-electron chi connectivity index (χ4n) is 1.62. The van der Waals surface area contributed by atoms with Crippen molar-refractivity contribution in [2.75, 3.05) is 11.9 Å². The van der Waals surface area contributed by atoms with E-state index in [9.17, 15) is 4.79 Å². The zero-order valence-electron chi connectivity index (χ0n) is 11.9. The van der Waals surface area contributed by atoms with Crippen molar-refractivity contribution in [1.29, 1.82) is 15.8 Å². The van der Waals surface area contributed by atoms with Crippen LogP contribution in [0, 0.1) is 40.9 Å². The molecular formula is C16H12N4O2. The van der Waals surface area contributed by atoms with Gasteiger partial charge in [-0.15, -0.1) is 0 Å². The number of esters is 1. The molecule has 0 aliphatic carbocycles. The number of hydrogen-bond donors (Lipinski definition) is 1. The van der Waals surface area contributed by atoms with Crippen molar-refractivity contribution in [2.45, 2.75) is 6.92 Å². The van der Waals surface area contributed by atoms with Gasteiger partial charge in [0.1, 0.15) is 30.5 Å². The molecule has 0 saturated heterocycles. The van der Waals surface area contributed by atoms with Crippen LogP contribution in [0.15, 0.2) is 42.1 Å². The van der Waals surface area contributed by atoms with Gasteiger partial charge in [0.15, 0.2) is 5.57 Å². The van der Waals surface area contributed by atoms with E-state index >= 15 is 0 Å². The number of nitrogens with one attached hydrogen (secondary N) is 1. The standard InChI is InChI=1S/C16H12N4O2/c1-3-4-22-16(21)12-5-11(2)6-14(7-12)20-15(10-19)13(8-17)9-18/h3,5-7,20H,1,4H2,2H3. The molecule has 0 atom stereocenters. The molecule has 0 bridgehead atoms. The van der Waals surface area contributed by atoms with Crippen LogP contribution in [-0.2, 0) is 4.74 Å². The van der Waals surface area contributed by atoms with Crippen molar-refractivity contribution in [3.05, 3.63) is 53.3 Å². The van der Waals surface area contributed by atoms with Crippen molar-refractivity contribution in [3.63, 3.8) is 0 Å². The minimum atomic E-state index is -0.532. The Morgan fingerprint density at radius 3 is 2.50 bits per heavy atom. The molecule has 0 spiro atoms. The number of carbonyl (C=O) groups is 1. The molecule has 108 valence electrons. The molecule has 1 N–H and O–H groups in total. The highest BCUT2D eigenvalue weighted by atomic mass is 16.5. The molecule has 0 heterocycles. The third-order valence-corrected chi connectivity index (χ3v) is 2.50. The first-order valence-corrected chi connectivity index (χ1v) is 6.17. The number of rotatable bonds is 5. The summed E-state index contributed by atoms with van der Waals surface area (Å²) < 4.78 is 4.94. The van der Waals surface area contributed by atoms with Gasteiger partial charge in [0.05, 0.1) is 5.56 Å².